The third-order valence-electron chi connectivity index (χ3n) is 5.42. The van der Waals surface area contributed by atoms with Crippen molar-refractivity contribution >= 4 is 31.5 Å². The molecule has 0 aliphatic carbocycles. The Labute approximate surface area is 194 Å². The molecule has 3 heterocycles. The van der Waals surface area contributed by atoms with Gasteiger partial charge >= 0.3 is 0 Å². The molecule has 1 N–H and O–H groups in total. The summed E-state index contributed by atoms with van der Waals surface area (Å²) < 4.78 is 9.64. The van der Waals surface area contributed by atoms with Crippen LogP contribution < -0.4 is 5.32 Å². The minimum atomic E-state index is -1.11. The molecule has 0 radical (unpaired) electrons. The maximum Gasteiger partial charge on any atom is 0.180 e. The highest BCUT2D eigenvalue weighted by molar-refractivity contribution is 6.76. The highest BCUT2D eigenvalue weighted by Crippen LogP contribution is 2.26. The van der Waals surface area contributed by atoms with Gasteiger partial charge in [-0.2, -0.15) is 5.10 Å². The second-order valence-electron chi connectivity index (χ2n) is 9.50. The predicted octanol–water partition coefficient (Wildman–Crippen LogP) is 5.08. The van der Waals surface area contributed by atoms with E-state index in [1.165, 1.54) is 0 Å². The van der Waals surface area contributed by atoms with Crippen molar-refractivity contribution < 1.29 is 9.53 Å². The summed E-state index contributed by atoms with van der Waals surface area (Å²) in [7, 11) is -1.11. The first-order valence-corrected chi connectivity index (χ1v) is 14.7. The summed E-state index contributed by atoms with van der Waals surface area (Å²) in [5, 5.41) is 7.80. The van der Waals surface area contributed by atoms with Crippen LogP contribution in [0.15, 0.2) is 43.0 Å². The summed E-state index contributed by atoms with van der Waals surface area (Å²) in [4.78, 5) is 20.4. The molecule has 0 saturated heterocycles. The molecule has 0 atom stereocenters. The predicted molar refractivity (Wildman–Crippen MR) is 133 cm³/mol. The molecule has 0 saturated carbocycles. The highest BCUT2D eigenvalue weighted by atomic mass is 28.3. The van der Waals surface area contributed by atoms with E-state index in [1.807, 2.05) is 59.9 Å². The number of carbonyl (C=O) groups is 1. The van der Waals surface area contributed by atoms with E-state index in [4.69, 9.17) is 4.74 Å². The van der Waals surface area contributed by atoms with Gasteiger partial charge in [0.15, 0.2) is 11.5 Å². The van der Waals surface area contributed by atoms with Gasteiger partial charge in [-0.3, -0.25) is 9.20 Å². The number of anilines is 2. The number of aryl methyl sites for hydroxylation is 2. The fourth-order valence-corrected chi connectivity index (χ4v) is 4.29. The van der Waals surface area contributed by atoms with Crippen LogP contribution >= 0.6 is 0 Å². The number of nitrogens with zero attached hydrogens (tertiary/aromatic N) is 5. The second kappa shape index (κ2) is 9.28. The summed E-state index contributed by atoms with van der Waals surface area (Å²) >= 11 is 0. The SMILES string of the molecule is Cc1cn2c(-c3cnn(COCC[Si](C)(C)C)c3)cnc2c(Nc2ccc(C=O)c(C)c2)n1. The highest BCUT2D eigenvalue weighted by Gasteiger charge is 2.15. The van der Waals surface area contributed by atoms with Crippen molar-refractivity contribution in [3.8, 4) is 11.3 Å². The van der Waals surface area contributed by atoms with E-state index in [1.54, 1.807) is 6.07 Å². The zero-order valence-corrected chi connectivity index (χ0v) is 20.8. The average Bonchev–Trinajstić information content (AvgIpc) is 3.37. The number of fused-ring (bicyclic) bond motifs is 1. The van der Waals surface area contributed by atoms with Crippen molar-refractivity contribution in [2.75, 3.05) is 11.9 Å². The molecule has 172 valence electrons. The smallest absolute Gasteiger partial charge is 0.180 e. The lowest BCUT2D eigenvalue weighted by molar-refractivity contribution is 0.0786. The van der Waals surface area contributed by atoms with Gasteiger partial charge in [-0.15, -0.1) is 0 Å². The van der Waals surface area contributed by atoms with Crippen LogP contribution in [0.3, 0.4) is 0 Å². The first-order valence-electron chi connectivity index (χ1n) is 11.0. The van der Waals surface area contributed by atoms with E-state index in [2.05, 4.69) is 40.0 Å². The zero-order chi connectivity index (χ0) is 23.6. The van der Waals surface area contributed by atoms with E-state index in [-0.39, 0.29) is 0 Å². The Morgan fingerprint density at radius 1 is 1.15 bits per heavy atom. The molecule has 4 aromatic rings. The minimum Gasteiger partial charge on any atom is -0.360 e. The van der Waals surface area contributed by atoms with Crippen LogP contribution in [0.1, 0.15) is 21.6 Å². The summed E-state index contributed by atoms with van der Waals surface area (Å²) in [6.07, 6.45) is 8.46. The van der Waals surface area contributed by atoms with Crippen molar-refractivity contribution in [2.45, 2.75) is 46.3 Å². The lowest BCUT2D eigenvalue weighted by atomic mass is 10.1. The Kier molecular flexibility index (Phi) is 6.43. The number of carbonyl (C=O) groups excluding carboxylic acids is 1. The number of benzene rings is 1. The van der Waals surface area contributed by atoms with Crippen molar-refractivity contribution in [1.82, 2.24) is 24.1 Å². The van der Waals surface area contributed by atoms with Gasteiger partial charge in [0.2, 0.25) is 0 Å². The Morgan fingerprint density at radius 2 is 1.97 bits per heavy atom. The van der Waals surface area contributed by atoms with Gasteiger partial charge in [-0.25, -0.2) is 14.6 Å². The van der Waals surface area contributed by atoms with Crippen molar-refractivity contribution in [3.63, 3.8) is 0 Å². The topological polar surface area (TPSA) is 86.3 Å². The van der Waals surface area contributed by atoms with E-state index in [9.17, 15) is 4.79 Å². The Bertz CT molecular complexity index is 1290. The van der Waals surface area contributed by atoms with E-state index in [0.717, 1.165) is 47.1 Å². The van der Waals surface area contributed by atoms with Crippen LogP contribution in [0.25, 0.3) is 16.9 Å². The summed E-state index contributed by atoms with van der Waals surface area (Å²) in [5.74, 6) is 0.654. The van der Waals surface area contributed by atoms with Crippen LogP contribution in [0.5, 0.6) is 0 Å². The monoisotopic (exact) mass is 462 g/mol. The maximum absolute atomic E-state index is 11.1. The van der Waals surface area contributed by atoms with Gasteiger partial charge in [0.05, 0.1) is 23.8 Å². The lowest BCUT2D eigenvalue weighted by Crippen LogP contribution is -2.22. The quantitative estimate of drug-likeness (QED) is 0.212. The zero-order valence-electron chi connectivity index (χ0n) is 19.8. The molecule has 0 spiro atoms. The number of rotatable bonds is 9. The molecule has 0 amide bonds. The van der Waals surface area contributed by atoms with Gasteiger partial charge in [-0.05, 0) is 43.7 Å². The number of nitrogens with one attached hydrogen (secondary N) is 1. The first kappa shape index (κ1) is 22.9. The lowest BCUT2D eigenvalue weighted by Gasteiger charge is -2.15. The molecule has 9 heteroatoms. The van der Waals surface area contributed by atoms with E-state index < -0.39 is 8.07 Å². The maximum atomic E-state index is 11.1. The van der Waals surface area contributed by atoms with Crippen molar-refractivity contribution in [1.29, 1.82) is 0 Å². The van der Waals surface area contributed by atoms with Gasteiger partial charge in [0.25, 0.3) is 0 Å². The van der Waals surface area contributed by atoms with Crippen LogP contribution in [0.2, 0.25) is 25.7 Å². The Morgan fingerprint density at radius 3 is 2.70 bits per heavy atom. The van der Waals surface area contributed by atoms with Crippen LogP contribution in [-0.2, 0) is 11.5 Å². The number of ether oxygens (including phenoxy) is 1. The minimum absolute atomic E-state index is 0.435. The largest absolute Gasteiger partial charge is 0.360 e. The molecular formula is C24H30N6O2Si. The normalized spacial score (nSPS) is 11.8. The van der Waals surface area contributed by atoms with Gasteiger partial charge in [-0.1, -0.05) is 19.6 Å². The standard InChI is InChI=1S/C24H30N6O2Si/c1-17-10-21(7-6-19(17)15-31)28-23-24-25-12-22(30(24)13-18(2)27-23)20-11-26-29(14-20)16-32-8-9-33(3,4)5/h6-7,10-15H,8-9,16H2,1-5H3,(H,27,28). The van der Waals surface area contributed by atoms with Gasteiger partial charge < -0.3 is 10.1 Å². The Hall–Kier alpha value is -3.30. The number of imidazole rings is 1. The number of aromatic nitrogens is 5. The number of hydrogen-bond acceptors (Lipinski definition) is 6. The first-order chi connectivity index (χ1) is 15.7. The number of aldehydes is 1. The number of hydrogen-bond donors (Lipinski definition) is 1. The van der Waals surface area contributed by atoms with Crippen molar-refractivity contribution in [2.24, 2.45) is 0 Å². The third-order valence-corrected chi connectivity index (χ3v) is 7.13. The van der Waals surface area contributed by atoms with Crippen LogP contribution in [0, 0.1) is 13.8 Å². The molecule has 8 nitrogen and oxygen atoms in total. The molecule has 0 aliphatic heterocycles. The molecule has 0 aliphatic rings. The summed E-state index contributed by atoms with van der Waals surface area (Å²) in [6.45, 7) is 12.1. The molecule has 1 aromatic carbocycles. The van der Waals surface area contributed by atoms with E-state index >= 15 is 0 Å². The van der Waals surface area contributed by atoms with Crippen LogP contribution in [-0.4, -0.2) is 45.1 Å². The fourth-order valence-electron chi connectivity index (χ4n) is 3.53. The summed E-state index contributed by atoms with van der Waals surface area (Å²) in [5.41, 5.74) is 5.89. The van der Waals surface area contributed by atoms with Gasteiger partial charge in [0, 0.05) is 43.9 Å². The third kappa shape index (κ3) is 5.37. The molecule has 0 fully saturated rings. The molecule has 4 rings (SSSR count). The molecule has 0 bridgehead atoms. The second-order valence-corrected chi connectivity index (χ2v) is 15.1. The summed E-state index contributed by atoms with van der Waals surface area (Å²) in [6, 6.07) is 6.73. The molecule has 0 unspecified atom stereocenters. The average molecular weight is 463 g/mol. The van der Waals surface area contributed by atoms with E-state index in [0.29, 0.717) is 23.8 Å². The molecule has 3 aromatic heterocycles. The molecule has 33 heavy (non-hydrogen) atoms. The Balaban J connectivity index is 1.56. The molecular weight excluding hydrogens is 432 g/mol. The fraction of sp³-hybridized carbons (Fsp3) is 0.333. The van der Waals surface area contributed by atoms with Gasteiger partial charge in [0.1, 0.15) is 13.0 Å². The van der Waals surface area contributed by atoms with Crippen molar-refractivity contribution in [3.05, 3.63) is 59.8 Å². The van der Waals surface area contributed by atoms with Crippen LogP contribution in [0.4, 0.5) is 11.5 Å².